The van der Waals surface area contributed by atoms with Crippen LogP contribution in [0.25, 0.3) is 0 Å². The van der Waals surface area contributed by atoms with Crippen molar-refractivity contribution in [2.75, 3.05) is 23.0 Å². The van der Waals surface area contributed by atoms with Gasteiger partial charge >= 0.3 is 11.9 Å². The minimum Gasteiger partial charge on any atom is -0.507 e. The maximum absolute atomic E-state index is 16.3. The Morgan fingerprint density at radius 2 is 0.553 bits per heavy atom. The van der Waals surface area contributed by atoms with Gasteiger partial charge in [0.1, 0.15) is 23.0 Å². The molecule has 0 saturated heterocycles. The largest absolute Gasteiger partial charge is 0.507 e. The molecular weight excluding hydrogens is 1200 g/mol. The Hall–Kier alpha value is -5.84. The summed E-state index contributed by atoms with van der Waals surface area (Å²) in [6.45, 7) is 51.1. The van der Waals surface area contributed by atoms with Gasteiger partial charge in [-0.25, -0.2) is 0 Å². The van der Waals surface area contributed by atoms with Gasteiger partial charge in [0.15, 0.2) is 0 Å². The summed E-state index contributed by atoms with van der Waals surface area (Å²) >= 11 is 3.18. The predicted octanol–water partition coefficient (Wildman–Crippen LogP) is 20.8. The van der Waals surface area contributed by atoms with Crippen LogP contribution in [0.15, 0.2) is 109 Å². The molecule has 10 heteroatoms. The molecule has 8 nitrogen and oxygen atoms in total. The second kappa shape index (κ2) is 28.3. The van der Waals surface area contributed by atoms with Crippen LogP contribution < -0.4 is 0 Å². The van der Waals surface area contributed by atoms with Gasteiger partial charge in [0.05, 0.1) is 11.8 Å². The van der Waals surface area contributed by atoms with Gasteiger partial charge in [-0.2, -0.15) is 23.5 Å². The SMILES string of the molecule is CC(C)(C)c1cc(CC(Cc2cc(C(C)(C)C)c(O)c(C(C)(C)C)c2)(CC(CSCCSCCC(=O)O)(CC(Cc2cc(C(C)(C)C)c(O)c(C(C)(C)C)c2)(Cc2cc(C(C)(C)C)c(O)c(C(C)(C)C)c2)c2ccccc2)C(=O)O)c2ccccc2)cc(C(C)(C)C)c1O. The highest BCUT2D eigenvalue weighted by molar-refractivity contribution is 8.02. The molecule has 514 valence electrons. The normalized spacial score (nSPS) is 13.6. The molecule has 0 heterocycles. The number of phenols is 4. The third-order valence-corrected chi connectivity index (χ3v) is 21.6. The van der Waals surface area contributed by atoms with Crippen LogP contribution in [0.1, 0.15) is 263 Å². The molecule has 0 fully saturated rings. The molecule has 0 radical (unpaired) electrons. The van der Waals surface area contributed by atoms with E-state index in [1.807, 2.05) is 12.1 Å². The third-order valence-electron chi connectivity index (χ3n) is 19.1. The Balaban J connectivity index is 1.90. The Kier molecular flexibility index (Phi) is 23.2. The summed E-state index contributed by atoms with van der Waals surface area (Å²) in [5.74, 6) is 1.10. The van der Waals surface area contributed by atoms with Gasteiger partial charge in [-0.05, 0) is 160 Å². The van der Waals surface area contributed by atoms with E-state index in [9.17, 15) is 35.4 Å². The van der Waals surface area contributed by atoms with E-state index in [2.05, 4.69) is 263 Å². The van der Waals surface area contributed by atoms with Crippen LogP contribution in [0.2, 0.25) is 0 Å². The van der Waals surface area contributed by atoms with Crippen molar-refractivity contribution in [3.8, 4) is 23.0 Å². The fourth-order valence-electron chi connectivity index (χ4n) is 14.2. The minimum atomic E-state index is -1.57. The van der Waals surface area contributed by atoms with Gasteiger partial charge in [-0.3, -0.25) is 9.59 Å². The van der Waals surface area contributed by atoms with Gasteiger partial charge in [0, 0.05) is 33.8 Å². The molecule has 6 aromatic carbocycles. The molecule has 6 aromatic rings. The maximum atomic E-state index is 16.3. The summed E-state index contributed by atoms with van der Waals surface area (Å²) in [6, 6.07) is 38.3. The number of carboxylic acid groups (broad SMARTS) is 2. The summed E-state index contributed by atoms with van der Waals surface area (Å²) in [7, 11) is 0. The van der Waals surface area contributed by atoms with Crippen molar-refractivity contribution in [1.82, 2.24) is 0 Å². The van der Waals surface area contributed by atoms with Crippen LogP contribution in [0.5, 0.6) is 23.0 Å². The van der Waals surface area contributed by atoms with Gasteiger partial charge in [0.25, 0.3) is 0 Å². The van der Waals surface area contributed by atoms with Crippen molar-refractivity contribution >= 4 is 35.5 Å². The zero-order valence-corrected chi connectivity index (χ0v) is 63.6. The van der Waals surface area contributed by atoms with Crippen molar-refractivity contribution in [2.45, 2.75) is 265 Å². The zero-order chi connectivity index (χ0) is 71.0. The lowest BCUT2D eigenvalue weighted by Gasteiger charge is -2.48. The number of hydrogen-bond acceptors (Lipinski definition) is 8. The van der Waals surface area contributed by atoms with Gasteiger partial charge in [-0.15, -0.1) is 0 Å². The van der Waals surface area contributed by atoms with Gasteiger partial charge < -0.3 is 30.6 Å². The number of carbonyl (C=O) groups is 2. The number of carboxylic acids is 2. The lowest BCUT2D eigenvalue weighted by molar-refractivity contribution is -0.150. The van der Waals surface area contributed by atoms with Crippen molar-refractivity contribution in [3.05, 3.63) is 187 Å². The van der Waals surface area contributed by atoms with Crippen molar-refractivity contribution < 1.29 is 40.2 Å². The monoisotopic (exact) mass is 1320 g/mol. The molecule has 0 aliphatic heterocycles. The molecule has 0 atom stereocenters. The number of hydrogen-bond donors (Lipinski definition) is 6. The highest BCUT2D eigenvalue weighted by Gasteiger charge is 2.53. The number of aromatic hydroxyl groups is 4. The third kappa shape index (κ3) is 18.6. The van der Waals surface area contributed by atoms with Gasteiger partial charge in [-0.1, -0.05) is 275 Å². The van der Waals surface area contributed by atoms with Crippen LogP contribution in [-0.2, 0) is 89.4 Å². The molecule has 0 unspecified atom stereocenters. The molecule has 6 rings (SSSR count). The van der Waals surface area contributed by atoms with Crippen LogP contribution in [0, 0.1) is 5.41 Å². The lowest BCUT2D eigenvalue weighted by Crippen LogP contribution is -2.49. The Bertz CT molecular complexity index is 3090. The maximum Gasteiger partial charge on any atom is 0.310 e. The Morgan fingerprint density at radius 1 is 0.330 bits per heavy atom. The summed E-state index contributed by atoms with van der Waals surface area (Å²) in [5.41, 5.74) is 4.92. The van der Waals surface area contributed by atoms with E-state index >= 15 is 4.79 Å². The number of rotatable bonds is 23. The average Bonchev–Trinajstić information content (AvgIpc) is 0.789. The summed E-state index contributed by atoms with van der Waals surface area (Å²) in [6.07, 6.45) is 1.85. The van der Waals surface area contributed by atoms with E-state index in [1.165, 1.54) is 0 Å². The molecule has 94 heavy (non-hydrogen) atoms. The molecule has 0 saturated carbocycles. The van der Waals surface area contributed by atoms with Crippen LogP contribution >= 0.6 is 23.5 Å². The van der Waals surface area contributed by atoms with E-state index < -0.39 is 71.5 Å². The highest BCUT2D eigenvalue weighted by Crippen LogP contribution is 2.55. The fourth-order valence-corrected chi connectivity index (χ4v) is 16.5. The molecule has 0 spiro atoms. The number of phenolic OH excluding ortho intramolecular Hbond substituents is 4. The molecule has 0 aliphatic carbocycles. The van der Waals surface area contributed by atoms with Crippen LogP contribution in [-0.4, -0.2) is 65.6 Å². The van der Waals surface area contributed by atoms with E-state index in [0.29, 0.717) is 42.9 Å². The molecule has 0 amide bonds. The Morgan fingerprint density at radius 3 is 0.755 bits per heavy atom. The molecule has 0 aromatic heterocycles. The summed E-state index contributed by atoms with van der Waals surface area (Å²) in [5, 5.41) is 72.7. The first-order valence-electron chi connectivity index (χ1n) is 34.0. The molecule has 0 aliphatic rings. The fraction of sp³-hybridized carbons (Fsp3) is 0.548. The van der Waals surface area contributed by atoms with Crippen LogP contribution in [0.3, 0.4) is 0 Å². The van der Waals surface area contributed by atoms with Gasteiger partial charge in [0.2, 0.25) is 0 Å². The first-order chi connectivity index (χ1) is 42.8. The van der Waals surface area contributed by atoms with E-state index in [0.717, 1.165) is 77.9 Å². The number of thioether (sulfide) groups is 2. The quantitative estimate of drug-likeness (QED) is 0.0342. The van der Waals surface area contributed by atoms with Crippen molar-refractivity contribution in [3.63, 3.8) is 0 Å². The lowest BCUT2D eigenvalue weighted by atomic mass is 9.56. The molecular formula is C84H118O8S2. The smallest absolute Gasteiger partial charge is 0.310 e. The molecule has 6 N–H and O–H groups in total. The van der Waals surface area contributed by atoms with Crippen LogP contribution in [0.4, 0.5) is 0 Å². The first kappa shape index (κ1) is 77.2. The highest BCUT2D eigenvalue weighted by atomic mass is 32.2. The first-order valence-corrected chi connectivity index (χ1v) is 36.4. The Labute approximate surface area is 576 Å². The number of aliphatic carboxylic acids is 2. The van der Waals surface area contributed by atoms with Crippen molar-refractivity contribution in [1.29, 1.82) is 0 Å². The summed E-state index contributed by atoms with van der Waals surface area (Å²) in [4.78, 5) is 28.1. The minimum absolute atomic E-state index is 0.0278. The second-order valence-corrected chi connectivity index (χ2v) is 38.2. The number of benzene rings is 6. The standard InChI is InChI=1S/C84H118O8S2/c1-74(2,3)60-39-54(40-61(69(60)87)75(4,5)6)47-82(58-31-27-25-28-32-58,48-55-41-62(76(7,8)9)70(88)63(42-55)77(10,11)12)51-84(73(91)92,53-94-38-37-93-36-35-68(85)86)52-83(59-33-29-26-30-34-59,49-56-43-64(78(13,14)15)71(89)65(44-56)79(16,17)18)50-57-45-66(80(19,20)21)72(90)67(46-57)81(22,23)24/h25-34,39-46,87-90H,35-38,47-53H2,1-24H3,(H,85,86)(H,91,92). The second-order valence-electron chi connectivity index (χ2n) is 35.9. The van der Waals surface area contributed by atoms with E-state index in [4.69, 9.17) is 0 Å². The van der Waals surface area contributed by atoms with E-state index in [1.54, 1.807) is 23.5 Å². The predicted molar refractivity (Wildman–Crippen MR) is 399 cm³/mol. The zero-order valence-electron chi connectivity index (χ0n) is 62.0. The average molecular weight is 1320 g/mol. The van der Waals surface area contributed by atoms with Crippen molar-refractivity contribution in [2.24, 2.45) is 5.41 Å². The van der Waals surface area contributed by atoms with E-state index in [-0.39, 0.29) is 48.0 Å². The summed E-state index contributed by atoms with van der Waals surface area (Å²) < 4.78 is 0. The topological polar surface area (TPSA) is 156 Å². The molecule has 0 bridgehead atoms.